The molecule has 3 rings (SSSR count). The molecule has 1 saturated heterocycles. The van der Waals surface area contributed by atoms with Crippen LogP contribution in [-0.4, -0.2) is 55.3 Å². The molecule has 2 aromatic rings. The zero-order chi connectivity index (χ0) is 20.9. The van der Waals surface area contributed by atoms with Crippen molar-refractivity contribution in [2.75, 3.05) is 49.6 Å². The Morgan fingerprint density at radius 1 is 1.24 bits per heavy atom. The predicted molar refractivity (Wildman–Crippen MR) is 102 cm³/mol. The molecule has 0 radical (unpaired) electrons. The fourth-order valence-corrected chi connectivity index (χ4v) is 3.01. The Bertz CT molecular complexity index is 860. The molecule has 7 nitrogen and oxygen atoms in total. The third kappa shape index (κ3) is 5.48. The molecule has 0 saturated carbocycles. The first-order valence-corrected chi connectivity index (χ1v) is 9.26. The van der Waals surface area contributed by atoms with Gasteiger partial charge in [-0.25, -0.2) is 9.97 Å². The van der Waals surface area contributed by atoms with Crippen LogP contribution in [0.3, 0.4) is 0 Å². The number of hydrogen-bond acceptors (Lipinski definition) is 6. The van der Waals surface area contributed by atoms with Gasteiger partial charge in [-0.3, -0.25) is 4.79 Å². The van der Waals surface area contributed by atoms with Crippen molar-refractivity contribution in [2.45, 2.75) is 6.18 Å². The Labute approximate surface area is 170 Å². The lowest BCUT2D eigenvalue weighted by Crippen LogP contribution is -2.39. The van der Waals surface area contributed by atoms with E-state index in [2.05, 4.69) is 20.6 Å². The monoisotopic (exact) mass is 429 g/mol. The van der Waals surface area contributed by atoms with E-state index < -0.39 is 11.7 Å². The molecule has 3 heterocycles. The van der Waals surface area contributed by atoms with Crippen LogP contribution in [0.15, 0.2) is 30.6 Å². The minimum Gasteiger partial charge on any atom is -0.378 e. The van der Waals surface area contributed by atoms with E-state index in [1.807, 2.05) is 4.90 Å². The van der Waals surface area contributed by atoms with Crippen molar-refractivity contribution >= 4 is 29.1 Å². The number of morpholine rings is 1. The molecule has 0 aromatic carbocycles. The lowest BCUT2D eigenvalue weighted by atomic mass is 10.2. The number of hydrogen-bond donors (Lipinski definition) is 2. The van der Waals surface area contributed by atoms with Crippen LogP contribution in [0.2, 0.25) is 5.02 Å². The summed E-state index contributed by atoms with van der Waals surface area (Å²) in [6.07, 6.45) is -2.18. The van der Waals surface area contributed by atoms with Crippen molar-refractivity contribution in [3.8, 4) is 0 Å². The fourth-order valence-electron chi connectivity index (χ4n) is 2.78. The van der Waals surface area contributed by atoms with Crippen molar-refractivity contribution in [1.29, 1.82) is 0 Å². The molecule has 0 bridgehead atoms. The summed E-state index contributed by atoms with van der Waals surface area (Å²) in [7, 11) is 0. The van der Waals surface area contributed by atoms with Crippen molar-refractivity contribution in [3.05, 3.63) is 46.7 Å². The number of nitrogens with zero attached hydrogens (tertiary/aromatic N) is 3. The standard InChI is InChI=1S/C18H19ClF3N5O2/c19-14-10-12(18(20,21)22)11-26-15(14)23-4-5-25-17(28)13-2-1-3-24-16(13)27-6-8-29-9-7-27/h1-3,10-11H,4-9H2,(H,23,26)(H,25,28). The first-order valence-electron chi connectivity index (χ1n) is 8.89. The van der Waals surface area contributed by atoms with Crippen molar-refractivity contribution in [2.24, 2.45) is 0 Å². The second-order valence-corrected chi connectivity index (χ2v) is 6.62. The maximum atomic E-state index is 12.6. The third-order valence-corrected chi connectivity index (χ3v) is 4.50. The summed E-state index contributed by atoms with van der Waals surface area (Å²) < 4.78 is 43.2. The highest BCUT2D eigenvalue weighted by atomic mass is 35.5. The zero-order valence-corrected chi connectivity index (χ0v) is 16.1. The Hall–Kier alpha value is -2.59. The van der Waals surface area contributed by atoms with Crippen molar-refractivity contribution in [1.82, 2.24) is 15.3 Å². The fraction of sp³-hybridized carbons (Fsp3) is 0.389. The van der Waals surface area contributed by atoms with E-state index in [1.165, 1.54) is 0 Å². The molecular weight excluding hydrogens is 411 g/mol. The highest BCUT2D eigenvalue weighted by Crippen LogP contribution is 2.32. The van der Waals surface area contributed by atoms with Gasteiger partial charge in [0.2, 0.25) is 0 Å². The summed E-state index contributed by atoms with van der Waals surface area (Å²) >= 11 is 5.84. The Morgan fingerprint density at radius 2 is 2.00 bits per heavy atom. The quantitative estimate of drug-likeness (QED) is 0.687. The number of anilines is 2. The van der Waals surface area contributed by atoms with E-state index in [-0.39, 0.29) is 29.8 Å². The van der Waals surface area contributed by atoms with Crippen LogP contribution in [0.1, 0.15) is 15.9 Å². The number of amides is 1. The molecule has 29 heavy (non-hydrogen) atoms. The van der Waals surface area contributed by atoms with Crippen LogP contribution in [-0.2, 0) is 10.9 Å². The molecule has 0 unspecified atom stereocenters. The average molecular weight is 430 g/mol. The van der Waals surface area contributed by atoms with Crippen molar-refractivity contribution in [3.63, 3.8) is 0 Å². The van der Waals surface area contributed by atoms with Crippen molar-refractivity contribution < 1.29 is 22.7 Å². The van der Waals surface area contributed by atoms with Crippen LogP contribution in [0.4, 0.5) is 24.8 Å². The SMILES string of the molecule is O=C(NCCNc1ncc(C(F)(F)F)cc1Cl)c1cccnc1N1CCOCC1. The minimum absolute atomic E-state index is 0.115. The van der Waals surface area contributed by atoms with E-state index in [0.29, 0.717) is 43.9 Å². The molecule has 0 spiro atoms. The lowest BCUT2D eigenvalue weighted by molar-refractivity contribution is -0.137. The van der Waals surface area contributed by atoms with Crippen LogP contribution >= 0.6 is 11.6 Å². The first kappa shape index (κ1) is 21.1. The third-order valence-electron chi connectivity index (χ3n) is 4.21. The molecule has 11 heteroatoms. The Kier molecular flexibility index (Phi) is 6.75. The number of pyridine rings is 2. The highest BCUT2D eigenvalue weighted by molar-refractivity contribution is 6.32. The summed E-state index contributed by atoms with van der Waals surface area (Å²) in [4.78, 5) is 22.5. The second-order valence-electron chi connectivity index (χ2n) is 6.21. The number of carbonyl (C=O) groups excluding carboxylic acids is 1. The maximum Gasteiger partial charge on any atom is 0.417 e. The minimum atomic E-state index is -4.51. The summed E-state index contributed by atoms with van der Waals surface area (Å²) in [5.41, 5.74) is -0.478. The average Bonchev–Trinajstić information content (AvgIpc) is 2.72. The highest BCUT2D eigenvalue weighted by Gasteiger charge is 2.31. The van der Waals surface area contributed by atoms with Gasteiger partial charge in [-0.1, -0.05) is 11.6 Å². The van der Waals surface area contributed by atoms with Gasteiger partial charge in [0, 0.05) is 38.6 Å². The molecule has 1 amide bonds. The van der Waals surface area contributed by atoms with Gasteiger partial charge in [0.05, 0.1) is 29.4 Å². The molecule has 0 atom stereocenters. The van der Waals surface area contributed by atoms with E-state index in [0.717, 1.165) is 6.07 Å². The Balaban J connectivity index is 1.54. The van der Waals surface area contributed by atoms with E-state index in [9.17, 15) is 18.0 Å². The van der Waals surface area contributed by atoms with Gasteiger partial charge in [-0.15, -0.1) is 0 Å². The predicted octanol–water partition coefficient (Wildman–Crippen LogP) is 2.83. The molecule has 2 aromatic heterocycles. The largest absolute Gasteiger partial charge is 0.417 e. The van der Waals surface area contributed by atoms with E-state index in [4.69, 9.17) is 16.3 Å². The van der Waals surface area contributed by atoms with Gasteiger partial charge in [0.1, 0.15) is 11.6 Å². The summed E-state index contributed by atoms with van der Waals surface area (Å²) in [6, 6.07) is 4.18. The number of aromatic nitrogens is 2. The van der Waals surface area contributed by atoms with Gasteiger partial charge in [0.15, 0.2) is 0 Å². The van der Waals surface area contributed by atoms with Gasteiger partial charge in [0.25, 0.3) is 5.91 Å². The summed E-state index contributed by atoms with van der Waals surface area (Å²) in [6.45, 7) is 2.89. The molecule has 1 fully saturated rings. The molecule has 0 aliphatic carbocycles. The van der Waals surface area contributed by atoms with Crippen LogP contribution < -0.4 is 15.5 Å². The normalized spacial score (nSPS) is 14.6. The van der Waals surface area contributed by atoms with Gasteiger partial charge in [-0.2, -0.15) is 13.2 Å². The molecular formula is C18H19ClF3N5O2. The van der Waals surface area contributed by atoms with Gasteiger partial charge in [-0.05, 0) is 18.2 Å². The van der Waals surface area contributed by atoms with Crippen LogP contribution in [0.5, 0.6) is 0 Å². The zero-order valence-electron chi connectivity index (χ0n) is 15.3. The smallest absolute Gasteiger partial charge is 0.378 e. The summed E-state index contributed by atoms with van der Waals surface area (Å²) in [5, 5.41) is 5.42. The lowest BCUT2D eigenvalue weighted by Gasteiger charge is -2.29. The Morgan fingerprint density at radius 3 is 2.69 bits per heavy atom. The first-order chi connectivity index (χ1) is 13.9. The second kappa shape index (κ2) is 9.27. The molecule has 156 valence electrons. The number of ether oxygens (including phenoxy) is 1. The van der Waals surface area contributed by atoms with Gasteiger partial charge < -0.3 is 20.3 Å². The molecule has 1 aliphatic heterocycles. The number of nitrogens with one attached hydrogen (secondary N) is 2. The number of halogens is 4. The topological polar surface area (TPSA) is 79.4 Å². The summed E-state index contributed by atoms with van der Waals surface area (Å²) in [5.74, 6) is 0.408. The van der Waals surface area contributed by atoms with Gasteiger partial charge >= 0.3 is 6.18 Å². The molecule has 1 aliphatic rings. The maximum absolute atomic E-state index is 12.6. The number of rotatable bonds is 6. The van der Waals surface area contributed by atoms with Crippen LogP contribution in [0.25, 0.3) is 0 Å². The number of carbonyl (C=O) groups is 1. The molecule has 2 N–H and O–H groups in total. The van der Waals surface area contributed by atoms with E-state index in [1.54, 1.807) is 18.3 Å². The number of alkyl halides is 3. The van der Waals surface area contributed by atoms with E-state index >= 15 is 0 Å². The van der Waals surface area contributed by atoms with Crippen LogP contribution in [0, 0.1) is 0 Å².